The van der Waals surface area contributed by atoms with Crippen molar-refractivity contribution in [2.75, 3.05) is 6.61 Å². The van der Waals surface area contributed by atoms with Crippen molar-refractivity contribution >= 4 is 0 Å². The summed E-state index contributed by atoms with van der Waals surface area (Å²) in [4.78, 5) is 0. The fourth-order valence-corrected chi connectivity index (χ4v) is 1.55. The second-order valence-corrected chi connectivity index (χ2v) is 3.05. The first-order valence-electron chi connectivity index (χ1n) is 3.82. The number of aliphatic hydroxyl groups is 4. The van der Waals surface area contributed by atoms with Gasteiger partial charge in [-0.25, -0.2) is 0 Å². The Labute approximate surface area is 65.1 Å². The third-order valence-corrected chi connectivity index (χ3v) is 2.31. The van der Waals surface area contributed by atoms with Crippen LogP contribution < -0.4 is 0 Å². The second-order valence-electron chi connectivity index (χ2n) is 3.05. The monoisotopic (exact) mass is 162 g/mol. The van der Waals surface area contributed by atoms with Gasteiger partial charge in [0.15, 0.2) is 0 Å². The van der Waals surface area contributed by atoms with Gasteiger partial charge in [0.05, 0.1) is 24.9 Å². The van der Waals surface area contributed by atoms with Gasteiger partial charge in [-0.2, -0.15) is 0 Å². The lowest BCUT2D eigenvalue weighted by Crippen LogP contribution is -2.34. The smallest absolute Gasteiger partial charge is 0.0852 e. The minimum absolute atomic E-state index is 0.353. The van der Waals surface area contributed by atoms with Crippen molar-refractivity contribution in [3.8, 4) is 0 Å². The maximum atomic E-state index is 9.24. The zero-order chi connectivity index (χ0) is 8.43. The molecule has 11 heavy (non-hydrogen) atoms. The van der Waals surface area contributed by atoms with Gasteiger partial charge in [0.25, 0.3) is 0 Å². The van der Waals surface area contributed by atoms with Crippen molar-refractivity contribution in [1.82, 2.24) is 0 Å². The second kappa shape index (κ2) is 3.49. The van der Waals surface area contributed by atoms with Gasteiger partial charge in [-0.1, -0.05) is 0 Å². The summed E-state index contributed by atoms with van der Waals surface area (Å²) in [5.41, 5.74) is 0. The maximum absolute atomic E-state index is 9.24. The van der Waals surface area contributed by atoms with E-state index in [1.54, 1.807) is 0 Å². The summed E-state index contributed by atoms with van der Waals surface area (Å²) in [6, 6.07) is 0. The topological polar surface area (TPSA) is 80.9 Å². The minimum atomic E-state index is -0.901. The number of rotatable bonds is 2. The predicted octanol–water partition coefficient (Wildman–Crippen LogP) is -1.53. The van der Waals surface area contributed by atoms with E-state index >= 15 is 0 Å². The molecule has 0 radical (unpaired) electrons. The van der Waals surface area contributed by atoms with Gasteiger partial charge in [-0.05, 0) is 12.8 Å². The van der Waals surface area contributed by atoms with Crippen molar-refractivity contribution in [3.63, 3.8) is 0 Å². The van der Waals surface area contributed by atoms with E-state index in [1.165, 1.54) is 0 Å². The zero-order valence-corrected chi connectivity index (χ0v) is 6.22. The Bertz CT molecular complexity index is 128. The summed E-state index contributed by atoms with van der Waals surface area (Å²) in [6.07, 6.45) is -1.44. The quantitative estimate of drug-likeness (QED) is 0.397. The molecule has 1 aliphatic rings. The number of hydrogen-bond acceptors (Lipinski definition) is 4. The summed E-state index contributed by atoms with van der Waals surface area (Å²) in [5.74, 6) is -0.366. The van der Waals surface area contributed by atoms with E-state index in [0.717, 1.165) is 0 Å². The average Bonchev–Trinajstić information content (AvgIpc) is 2.32. The molecule has 0 amide bonds. The van der Waals surface area contributed by atoms with Crippen LogP contribution in [0.5, 0.6) is 0 Å². The van der Waals surface area contributed by atoms with E-state index in [-0.39, 0.29) is 12.5 Å². The number of aliphatic hydroxyl groups excluding tert-OH is 4. The van der Waals surface area contributed by atoms with E-state index in [0.29, 0.717) is 12.8 Å². The van der Waals surface area contributed by atoms with Crippen LogP contribution in [-0.2, 0) is 0 Å². The summed E-state index contributed by atoms with van der Waals surface area (Å²) in [7, 11) is 0. The Hall–Kier alpha value is -0.160. The molecule has 4 heteroatoms. The van der Waals surface area contributed by atoms with Crippen LogP contribution in [0, 0.1) is 5.92 Å². The Kier molecular flexibility index (Phi) is 2.84. The van der Waals surface area contributed by atoms with Gasteiger partial charge in [0.1, 0.15) is 0 Å². The first kappa shape index (κ1) is 8.93. The molecule has 0 aliphatic heterocycles. The molecular formula is C7H14O4. The molecule has 0 aromatic heterocycles. The SMILES string of the molecule is OC[C@@H](O)C1CC[C@H](O)[C@H]1O. The standard InChI is InChI=1S/C7H14O4/c8-3-6(10)4-1-2-5(9)7(4)11/h4-11H,1-3H2/t4?,5-,6+,7-/m0/s1. The molecule has 1 fully saturated rings. The fourth-order valence-electron chi connectivity index (χ4n) is 1.55. The molecular weight excluding hydrogens is 148 g/mol. The molecule has 0 saturated heterocycles. The largest absolute Gasteiger partial charge is 0.394 e. The molecule has 0 aromatic rings. The third kappa shape index (κ3) is 1.70. The molecule has 0 heterocycles. The lowest BCUT2D eigenvalue weighted by atomic mass is 9.99. The van der Waals surface area contributed by atoms with Crippen LogP contribution in [0.15, 0.2) is 0 Å². The van der Waals surface area contributed by atoms with Gasteiger partial charge in [0, 0.05) is 5.92 Å². The highest BCUT2D eigenvalue weighted by atomic mass is 16.3. The zero-order valence-electron chi connectivity index (χ0n) is 6.22. The van der Waals surface area contributed by atoms with Gasteiger partial charge < -0.3 is 20.4 Å². The van der Waals surface area contributed by atoms with E-state index in [1.807, 2.05) is 0 Å². The van der Waals surface area contributed by atoms with Gasteiger partial charge in [-0.3, -0.25) is 0 Å². The van der Waals surface area contributed by atoms with E-state index in [9.17, 15) is 5.11 Å². The Morgan fingerprint density at radius 3 is 2.27 bits per heavy atom. The summed E-state index contributed by atoms with van der Waals surface area (Å²) >= 11 is 0. The highest BCUT2D eigenvalue weighted by molar-refractivity contribution is 4.87. The molecule has 4 nitrogen and oxygen atoms in total. The van der Waals surface area contributed by atoms with E-state index in [2.05, 4.69) is 0 Å². The molecule has 1 aliphatic carbocycles. The van der Waals surface area contributed by atoms with Crippen molar-refractivity contribution in [2.45, 2.75) is 31.2 Å². The van der Waals surface area contributed by atoms with Gasteiger partial charge in [-0.15, -0.1) is 0 Å². The lowest BCUT2D eigenvalue weighted by molar-refractivity contribution is -0.0361. The number of hydrogen-bond donors (Lipinski definition) is 4. The highest BCUT2D eigenvalue weighted by Gasteiger charge is 2.37. The lowest BCUT2D eigenvalue weighted by Gasteiger charge is -2.20. The minimum Gasteiger partial charge on any atom is -0.394 e. The van der Waals surface area contributed by atoms with Crippen molar-refractivity contribution in [3.05, 3.63) is 0 Å². The van der Waals surface area contributed by atoms with E-state index < -0.39 is 18.3 Å². The summed E-state index contributed by atoms with van der Waals surface area (Å²) in [5, 5.41) is 36.0. The molecule has 1 saturated carbocycles. The highest BCUT2D eigenvalue weighted by Crippen LogP contribution is 2.28. The summed E-state index contributed by atoms with van der Waals surface area (Å²) < 4.78 is 0. The third-order valence-electron chi connectivity index (χ3n) is 2.31. The van der Waals surface area contributed by atoms with Gasteiger partial charge in [0.2, 0.25) is 0 Å². The maximum Gasteiger partial charge on any atom is 0.0852 e. The Morgan fingerprint density at radius 2 is 1.91 bits per heavy atom. The molecule has 0 bridgehead atoms. The fraction of sp³-hybridized carbons (Fsp3) is 1.00. The van der Waals surface area contributed by atoms with Crippen molar-refractivity contribution < 1.29 is 20.4 Å². The van der Waals surface area contributed by atoms with Crippen LogP contribution in [-0.4, -0.2) is 45.3 Å². The predicted molar refractivity (Wildman–Crippen MR) is 37.8 cm³/mol. The van der Waals surface area contributed by atoms with Gasteiger partial charge >= 0.3 is 0 Å². The molecule has 1 rings (SSSR count). The Balaban J connectivity index is 2.47. The first-order chi connectivity index (χ1) is 5.16. The van der Waals surface area contributed by atoms with Crippen LogP contribution in [0.3, 0.4) is 0 Å². The molecule has 4 atom stereocenters. The van der Waals surface area contributed by atoms with Crippen LogP contribution in [0.2, 0.25) is 0 Å². The Morgan fingerprint density at radius 1 is 1.27 bits per heavy atom. The molecule has 0 spiro atoms. The summed E-state index contributed by atoms with van der Waals surface area (Å²) in [6.45, 7) is -0.353. The van der Waals surface area contributed by atoms with Crippen LogP contribution in [0.1, 0.15) is 12.8 Å². The van der Waals surface area contributed by atoms with Crippen LogP contribution >= 0.6 is 0 Å². The van der Waals surface area contributed by atoms with Crippen molar-refractivity contribution in [2.24, 2.45) is 5.92 Å². The van der Waals surface area contributed by atoms with Crippen molar-refractivity contribution in [1.29, 1.82) is 0 Å². The molecule has 4 N–H and O–H groups in total. The normalized spacial score (nSPS) is 40.9. The first-order valence-corrected chi connectivity index (χ1v) is 3.82. The van der Waals surface area contributed by atoms with E-state index in [4.69, 9.17) is 15.3 Å². The molecule has 66 valence electrons. The van der Waals surface area contributed by atoms with Crippen LogP contribution in [0.25, 0.3) is 0 Å². The van der Waals surface area contributed by atoms with Crippen LogP contribution in [0.4, 0.5) is 0 Å². The molecule has 1 unspecified atom stereocenters. The average molecular weight is 162 g/mol. The molecule has 0 aromatic carbocycles.